The summed E-state index contributed by atoms with van der Waals surface area (Å²) in [6.07, 6.45) is 3.41. The molecule has 2 aromatic carbocycles. The van der Waals surface area contributed by atoms with Crippen molar-refractivity contribution in [3.63, 3.8) is 0 Å². The summed E-state index contributed by atoms with van der Waals surface area (Å²) in [5, 5.41) is 2.85. The Labute approximate surface area is 239 Å². The number of fused-ring (bicyclic) bond motifs is 1. The van der Waals surface area contributed by atoms with Gasteiger partial charge in [0, 0.05) is 24.5 Å². The molecule has 0 spiro atoms. The number of pyridine rings is 1. The van der Waals surface area contributed by atoms with Gasteiger partial charge >= 0.3 is 0 Å². The summed E-state index contributed by atoms with van der Waals surface area (Å²) in [4.78, 5) is 45.4. The van der Waals surface area contributed by atoms with Crippen LogP contribution in [0.5, 0.6) is 11.5 Å². The summed E-state index contributed by atoms with van der Waals surface area (Å²) >= 11 is 0. The third-order valence-corrected chi connectivity index (χ3v) is 9.16. The summed E-state index contributed by atoms with van der Waals surface area (Å²) in [5.41, 5.74) is 0.358. The predicted octanol–water partition coefficient (Wildman–Crippen LogP) is 3.26. The largest absolute Gasteiger partial charge is 0.457 e. The van der Waals surface area contributed by atoms with E-state index >= 15 is 0 Å². The number of carbonyl (C=O) groups is 3. The summed E-state index contributed by atoms with van der Waals surface area (Å²) in [7, 11) is -3.96. The number of benzene rings is 2. The number of hydrogen-bond donors (Lipinski definition) is 1. The van der Waals surface area contributed by atoms with Crippen molar-refractivity contribution in [3.05, 3.63) is 84.7 Å². The first kappa shape index (κ1) is 28.4. The molecule has 2 aliphatic heterocycles. The zero-order valence-electron chi connectivity index (χ0n) is 22.8. The Bertz CT molecular complexity index is 1510. The van der Waals surface area contributed by atoms with E-state index in [1.54, 1.807) is 24.3 Å². The molecule has 3 atom stereocenters. The van der Waals surface area contributed by atoms with Crippen LogP contribution in [0.25, 0.3) is 0 Å². The molecule has 3 heterocycles. The number of ketones is 1. The number of rotatable bonds is 9. The first-order chi connectivity index (χ1) is 19.6. The zero-order chi connectivity index (χ0) is 29.1. The van der Waals surface area contributed by atoms with Crippen LogP contribution in [0.1, 0.15) is 37.0 Å². The van der Waals surface area contributed by atoms with Crippen LogP contribution in [0.15, 0.2) is 84.0 Å². The number of carbonyl (C=O) groups excluding carboxylic acids is 3. The molecule has 2 saturated heterocycles. The average Bonchev–Trinajstić information content (AvgIpc) is 3.55. The van der Waals surface area contributed by atoms with Gasteiger partial charge in [-0.15, -0.1) is 0 Å². The number of hydrogen-bond acceptors (Lipinski definition) is 7. The number of likely N-dealkylation sites (tertiary alicyclic amines) is 1. The minimum absolute atomic E-state index is 0.00311. The van der Waals surface area contributed by atoms with Crippen LogP contribution >= 0.6 is 0 Å². The van der Waals surface area contributed by atoms with Gasteiger partial charge in [-0.3, -0.25) is 19.4 Å². The quantitative estimate of drug-likeness (QED) is 0.414. The first-order valence-corrected chi connectivity index (χ1v) is 15.0. The molecule has 2 aliphatic rings. The summed E-state index contributed by atoms with van der Waals surface area (Å²) in [6.45, 7) is 3.79. The number of Topliss-reactive ketones (excluding diaryl/α,β-unsaturated/α-hetero) is 1. The van der Waals surface area contributed by atoms with Gasteiger partial charge in [-0.05, 0) is 67.3 Å². The van der Waals surface area contributed by atoms with Crippen molar-refractivity contribution in [2.45, 2.75) is 49.7 Å². The maximum Gasteiger partial charge on any atom is 0.251 e. The lowest BCUT2D eigenvalue weighted by atomic mass is 10.0. The maximum atomic E-state index is 13.8. The molecule has 3 unspecified atom stereocenters. The minimum atomic E-state index is -3.96. The van der Waals surface area contributed by atoms with Gasteiger partial charge in [0.05, 0.1) is 12.6 Å². The molecule has 2 fully saturated rings. The summed E-state index contributed by atoms with van der Waals surface area (Å²) in [6, 6.07) is 16.4. The molecular weight excluding hydrogens is 544 g/mol. The fourth-order valence-electron chi connectivity index (χ4n) is 5.41. The Balaban J connectivity index is 1.29. The van der Waals surface area contributed by atoms with Crippen LogP contribution in [0, 0.1) is 5.92 Å². The van der Waals surface area contributed by atoms with Crippen molar-refractivity contribution in [3.8, 4) is 11.5 Å². The van der Waals surface area contributed by atoms with E-state index in [2.05, 4.69) is 10.3 Å². The molecule has 10 nitrogen and oxygen atoms in total. The van der Waals surface area contributed by atoms with E-state index in [1.165, 1.54) is 33.7 Å². The molecular formula is C30H32N4O6S. The molecule has 11 heteroatoms. The van der Waals surface area contributed by atoms with E-state index < -0.39 is 40.0 Å². The highest BCUT2D eigenvalue weighted by Gasteiger charge is 2.54. The molecule has 214 valence electrons. The van der Waals surface area contributed by atoms with Gasteiger partial charge in [-0.25, -0.2) is 8.42 Å². The van der Waals surface area contributed by atoms with Crippen LogP contribution in [-0.2, 0) is 19.6 Å². The molecule has 0 aliphatic carbocycles. The van der Waals surface area contributed by atoms with Gasteiger partial charge in [-0.1, -0.05) is 32.0 Å². The molecule has 2 amide bonds. The van der Waals surface area contributed by atoms with E-state index in [9.17, 15) is 22.8 Å². The normalized spacial score (nSPS) is 19.7. The van der Waals surface area contributed by atoms with Gasteiger partial charge in [0.2, 0.25) is 15.9 Å². The van der Waals surface area contributed by atoms with Crippen LogP contribution in [0.2, 0.25) is 0 Å². The van der Waals surface area contributed by atoms with Gasteiger partial charge in [0.15, 0.2) is 5.78 Å². The van der Waals surface area contributed by atoms with Crippen molar-refractivity contribution in [1.82, 2.24) is 19.5 Å². The Morgan fingerprint density at radius 3 is 2.39 bits per heavy atom. The second-order valence-electron chi connectivity index (χ2n) is 10.6. The molecule has 0 saturated carbocycles. The van der Waals surface area contributed by atoms with Gasteiger partial charge in [-0.2, -0.15) is 4.31 Å². The third kappa shape index (κ3) is 6.01. The molecule has 1 N–H and O–H groups in total. The lowest BCUT2D eigenvalue weighted by Gasteiger charge is -2.29. The zero-order valence-corrected chi connectivity index (χ0v) is 23.7. The number of nitrogens with one attached hydrogen (secondary N) is 1. The Kier molecular flexibility index (Phi) is 8.18. The number of sulfonamides is 1. The fourth-order valence-corrected chi connectivity index (χ4v) is 7.00. The van der Waals surface area contributed by atoms with Crippen molar-refractivity contribution in [2.75, 3.05) is 13.1 Å². The van der Waals surface area contributed by atoms with Crippen LogP contribution in [0.3, 0.4) is 0 Å². The van der Waals surface area contributed by atoms with Crippen LogP contribution in [0.4, 0.5) is 0 Å². The van der Waals surface area contributed by atoms with Crippen LogP contribution in [-0.4, -0.2) is 71.4 Å². The monoisotopic (exact) mass is 576 g/mol. The number of para-hydroxylation sites is 1. The highest BCUT2D eigenvalue weighted by molar-refractivity contribution is 7.89. The Morgan fingerprint density at radius 1 is 1.02 bits per heavy atom. The smallest absolute Gasteiger partial charge is 0.251 e. The van der Waals surface area contributed by atoms with Crippen molar-refractivity contribution >= 4 is 27.6 Å². The van der Waals surface area contributed by atoms with Crippen molar-refractivity contribution in [2.24, 2.45) is 5.92 Å². The van der Waals surface area contributed by atoms with E-state index in [1.807, 2.05) is 44.2 Å². The van der Waals surface area contributed by atoms with Gasteiger partial charge < -0.3 is 15.0 Å². The number of aromatic nitrogens is 1. The number of amides is 2. The van der Waals surface area contributed by atoms with Gasteiger partial charge in [0.1, 0.15) is 28.5 Å². The maximum absolute atomic E-state index is 13.8. The van der Waals surface area contributed by atoms with E-state index in [4.69, 9.17) is 4.74 Å². The second-order valence-corrected chi connectivity index (χ2v) is 12.5. The average molecular weight is 577 g/mol. The van der Waals surface area contributed by atoms with Gasteiger partial charge in [0.25, 0.3) is 5.91 Å². The van der Waals surface area contributed by atoms with E-state index in [0.29, 0.717) is 29.9 Å². The highest BCUT2D eigenvalue weighted by atomic mass is 32.2. The summed E-state index contributed by atoms with van der Waals surface area (Å²) < 4.78 is 33.5. The summed E-state index contributed by atoms with van der Waals surface area (Å²) in [5.74, 6) is 0.158. The molecule has 5 rings (SSSR count). The number of nitrogens with zero attached hydrogens (tertiary/aromatic N) is 3. The topological polar surface area (TPSA) is 126 Å². The Hall–Kier alpha value is -4.09. The molecule has 41 heavy (non-hydrogen) atoms. The van der Waals surface area contributed by atoms with E-state index in [0.717, 1.165) is 0 Å². The van der Waals surface area contributed by atoms with Crippen molar-refractivity contribution < 1.29 is 27.5 Å². The van der Waals surface area contributed by atoms with Crippen molar-refractivity contribution in [1.29, 1.82) is 0 Å². The molecule has 0 radical (unpaired) electrons. The number of ether oxygens (including phenoxy) is 1. The molecule has 3 aromatic rings. The SMILES string of the molecule is CC(C)CC(NC(=O)c1ccc(Oc2ccccc2)cc1)C(=O)N1CCC2C1C(=O)CN2S(=O)(=O)c1cccnc1. The highest BCUT2D eigenvalue weighted by Crippen LogP contribution is 2.34. The fraction of sp³-hybridized carbons (Fsp3) is 0.333. The van der Waals surface area contributed by atoms with E-state index in [-0.39, 0.29) is 29.7 Å². The second kappa shape index (κ2) is 11.8. The predicted molar refractivity (Wildman–Crippen MR) is 151 cm³/mol. The first-order valence-electron chi connectivity index (χ1n) is 13.5. The molecule has 0 bridgehead atoms. The Morgan fingerprint density at radius 2 is 1.73 bits per heavy atom. The lowest BCUT2D eigenvalue weighted by molar-refractivity contribution is -0.138. The standard InChI is InChI=1S/C30H32N4O6S/c1-20(2)17-25(32-29(36)21-10-12-23(13-11-21)40-22-7-4-3-5-8-22)30(37)33-16-14-26-28(33)27(35)19-34(26)41(38,39)24-9-6-15-31-18-24/h3-13,15,18,20,25-26,28H,14,16-17,19H2,1-2H3,(H,32,36). The van der Waals surface area contributed by atoms with Crippen LogP contribution < -0.4 is 10.1 Å². The third-order valence-electron chi connectivity index (χ3n) is 7.31. The molecule has 1 aromatic heterocycles. The minimum Gasteiger partial charge on any atom is -0.457 e. The lowest BCUT2D eigenvalue weighted by Crippen LogP contribution is -2.53.